The summed E-state index contributed by atoms with van der Waals surface area (Å²) < 4.78 is 20.3. The first-order chi connectivity index (χ1) is 13.8. The zero-order chi connectivity index (χ0) is 20.8. The molecule has 1 spiro atoms. The van der Waals surface area contributed by atoms with Gasteiger partial charge in [0.25, 0.3) is 0 Å². The number of amides is 1. The normalized spacial score (nSPS) is 24.0. The van der Waals surface area contributed by atoms with E-state index in [0.717, 1.165) is 48.3 Å². The van der Waals surface area contributed by atoms with Crippen molar-refractivity contribution >= 4 is 5.91 Å². The van der Waals surface area contributed by atoms with Crippen LogP contribution in [0.4, 0.5) is 4.39 Å². The molecule has 0 radical (unpaired) electrons. The van der Waals surface area contributed by atoms with Crippen LogP contribution >= 0.6 is 0 Å². The van der Waals surface area contributed by atoms with E-state index >= 15 is 0 Å². The summed E-state index contributed by atoms with van der Waals surface area (Å²) in [5.41, 5.74) is 3.56. The standard InChI is InChI=1S/C23H28FN3O2/c1-5-29-16-6-7-19(24)18(12-16)17-13-21(25-15(3)14(17)2)20-8-9-23(26-20)10-11-27(4)22(23)28/h6-7,12-13,20,26H,5,8-11H2,1-4H3/t20-,23-/m0/s1. The lowest BCUT2D eigenvalue weighted by Crippen LogP contribution is -2.47. The van der Waals surface area contributed by atoms with Gasteiger partial charge in [0.05, 0.1) is 18.3 Å². The molecule has 1 amide bonds. The van der Waals surface area contributed by atoms with Gasteiger partial charge in [-0.25, -0.2) is 4.39 Å². The molecular formula is C23H28FN3O2. The number of aryl methyl sites for hydroxylation is 1. The van der Waals surface area contributed by atoms with E-state index in [2.05, 4.69) is 5.32 Å². The number of carbonyl (C=O) groups excluding carboxylic acids is 1. The van der Waals surface area contributed by atoms with Gasteiger partial charge >= 0.3 is 0 Å². The molecule has 6 heteroatoms. The fourth-order valence-corrected chi connectivity index (χ4v) is 4.57. The number of likely N-dealkylation sites (N-methyl/N-ethyl adjacent to an activating group) is 1. The molecule has 2 aromatic rings. The molecule has 29 heavy (non-hydrogen) atoms. The molecule has 2 saturated heterocycles. The van der Waals surface area contributed by atoms with Crippen molar-refractivity contribution in [1.29, 1.82) is 0 Å². The van der Waals surface area contributed by atoms with Gasteiger partial charge in [0.15, 0.2) is 0 Å². The minimum absolute atomic E-state index is 0.0124. The average Bonchev–Trinajstić information content (AvgIpc) is 3.26. The van der Waals surface area contributed by atoms with E-state index in [0.29, 0.717) is 17.9 Å². The van der Waals surface area contributed by atoms with Crippen molar-refractivity contribution in [2.24, 2.45) is 0 Å². The Hall–Kier alpha value is -2.47. The zero-order valence-electron chi connectivity index (χ0n) is 17.5. The number of ether oxygens (including phenoxy) is 1. The Morgan fingerprint density at radius 1 is 1.28 bits per heavy atom. The molecule has 0 saturated carbocycles. The van der Waals surface area contributed by atoms with E-state index in [1.165, 1.54) is 6.07 Å². The highest BCUT2D eigenvalue weighted by atomic mass is 19.1. The molecule has 1 aromatic heterocycles. The fourth-order valence-electron chi connectivity index (χ4n) is 4.57. The van der Waals surface area contributed by atoms with Crippen LogP contribution in [-0.4, -0.2) is 41.5 Å². The molecule has 1 N–H and O–H groups in total. The van der Waals surface area contributed by atoms with Crippen molar-refractivity contribution in [3.63, 3.8) is 0 Å². The Kier molecular flexibility index (Phi) is 5.07. The van der Waals surface area contributed by atoms with Gasteiger partial charge in [-0.2, -0.15) is 0 Å². The van der Waals surface area contributed by atoms with Crippen molar-refractivity contribution in [2.75, 3.05) is 20.2 Å². The van der Waals surface area contributed by atoms with E-state index in [1.54, 1.807) is 17.0 Å². The number of benzene rings is 1. The SMILES string of the molecule is CCOc1ccc(F)c(-c2cc([C@@H]3CC[C@@]4(CCN(C)C4=O)N3)nc(C)c2C)c1. The first-order valence-corrected chi connectivity index (χ1v) is 10.3. The summed E-state index contributed by atoms with van der Waals surface area (Å²) in [7, 11) is 1.85. The van der Waals surface area contributed by atoms with Crippen molar-refractivity contribution in [1.82, 2.24) is 15.2 Å². The molecule has 2 aliphatic rings. The molecule has 0 aliphatic carbocycles. The predicted molar refractivity (Wildman–Crippen MR) is 110 cm³/mol. The van der Waals surface area contributed by atoms with Gasteiger partial charge in [-0.3, -0.25) is 15.1 Å². The van der Waals surface area contributed by atoms with E-state index < -0.39 is 5.54 Å². The van der Waals surface area contributed by atoms with Crippen molar-refractivity contribution in [2.45, 2.75) is 51.6 Å². The van der Waals surface area contributed by atoms with Crippen molar-refractivity contribution in [3.8, 4) is 16.9 Å². The average molecular weight is 397 g/mol. The largest absolute Gasteiger partial charge is 0.494 e. The van der Waals surface area contributed by atoms with Crippen LogP contribution in [0, 0.1) is 19.7 Å². The number of rotatable bonds is 4. The van der Waals surface area contributed by atoms with Crippen molar-refractivity contribution < 1.29 is 13.9 Å². The van der Waals surface area contributed by atoms with Crippen LogP contribution in [0.25, 0.3) is 11.1 Å². The molecule has 2 aliphatic heterocycles. The second kappa shape index (κ2) is 7.41. The van der Waals surface area contributed by atoms with Gasteiger partial charge in [0, 0.05) is 24.8 Å². The molecule has 0 bridgehead atoms. The molecule has 2 atom stereocenters. The van der Waals surface area contributed by atoms with Crippen LogP contribution in [0.15, 0.2) is 24.3 Å². The van der Waals surface area contributed by atoms with Crippen LogP contribution in [0.1, 0.15) is 49.2 Å². The predicted octanol–water partition coefficient (Wildman–Crippen LogP) is 3.93. The second-order valence-electron chi connectivity index (χ2n) is 8.17. The molecule has 0 unspecified atom stereocenters. The molecule has 4 rings (SSSR count). The highest BCUT2D eigenvalue weighted by Gasteiger charge is 2.50. The topological polar surface area (TPSA) is 54.5 Å². The fraction of sp³-hybridized carbons (Fsp3) is 0.478. The van der Waals surface area contributed by atoms with E-state index in [9.17, 15) is 9.18 Å². The Balaban J connectivity index is 1.71. The van der Waals surface area contributed by atoms with E-state index in [-0.39, 0.29) is 17.8 Å². The maximum atomic E-state index is 14.7. The number of nitrogens with one attached hydrogen (secondary N) is 1. The number of hydrogen-bond acceptors (Lipinski definition) is 4. The number of nitrogens with zero attached hydrogens (tertiary/aromatic N) is 2. The molecule has 3 heterocycles. The van der Waals surface area contributed by atoms with Gasteiger partial charge in [0.1, 0.15) is 17.1 Å². The third-order valence-corrected chi connectivity index (χ3v) is 6.37. The van der Waals surface area contributed by atoms with E-state index in [4.69, 9.17) is 9.72 Å². The van der Waals surface area contributed by atoms with Crippen LogP contribution in [0.3, 0.4) is 0 Å². The highest BCUT2D eigenvalue weighted by molar-refractivity contribution is 5.88. The lowest BCUT2D eigenvalue weighted by Gasteiger charge is -2.24. The Morgan fingerprint density at radius 3 is 2.76 bits per heavy atom. The highest BCUT2D eigenvalue weighted by Crippen LogP contribution is 2.40. The monoisotopic (exact) mass is 397 g/mol. The summed E-state index contributed by atoms with van der Waals surface area (Å²) in [4.78, 5) is 19.2. The molecule has 154 valence electrons. The number of halogens is 1. The number of hydrogen-bond donors (Lipinski definition) is 1. The van der Waals surface area contributed by atoms with Gasteiger partial charge in [0.2, 0.25) is 5.91 Å². The molecule has 5 nitrogen and oxygen atoms in total. The van der Waals surface area contributed by atoms with Crippen LogP contribution in [0.2, 0.25) is 0 Å². The summed E-state index contributed by atoms with van der Waals surface area (Å²) in [6.45, 7) is 7.13. The first kappa shape index (κ1) is 19.8. The van der Waals surface area contributed by atoms with Gasteiger partial charge < -0.3 is 9.64 Å². The minimum Gasteiger partial charge on any atom is -0.494 e. The summed E-state index contributed by atoms with van der Waals surface area (Å²) in [6.07, 6.45) is 2.47. The first-order valence-electron chi connectivity index (χ1n) is 10.3. The number of carbonyl (C=O) groups is 1. The van der Waals surface area contributed by atoms with Crippen LogP contribution in [0.5, 0.6) is 5.75 Å². The summed E-state index contributed by atoms with van der Waals surface area (Å²) in [5.74, 6) is 0.535. The minimum atomic E-state index is -0.472. The smallest absolute Gasteiger partial charge is 0.242 e. The number of likely N-dealkylation sites (tertiary alicyclic amines) is 1. The quantitative estimate of drug-likeness (QED) is 0.849. The third kappa shape index (κ3) is 3.39. The zero-order valence-corrected chi connectivity index (χ0v) is 17.5. The Labute approximate surface area is 171 Å². The lowest BCUT2D eigenvalue weighted by molar-refractivity contribution is -0.131. The van der Waals surface area contributed by atoms with E-state index in [1.807, 2.05) is 33.9 Å². The summed E-state index contributed by atoms with van der Waals surface area (Å²) >= 11 is 0. The summed E-state index contributed by atoms with van der Waals surface area (Å²) in [6, 6.07) is 6.81. The number of pyridine rings is 1. The number of aromatic nitrogens is 1. The van der Waals surface area contributed by atoms with Gasteiger partial charge in [-0.1, -0.05) is 0 Å². The second-order valence-corrected chi connectivity index (χ2v) is 8.17. The Morgan fingerprint density at radius 2 is 2.07 bits per heavy atom. The maximum Gasteiger partial charge on any atom is 0.242 e. The van der Waals surface area contributed by atoms with Crippen LogP contribution < -0.4 is 10.1 Å². The van der Waals surface area contributed by atoms with Crippen LogP contribution in [-0.2, 0) is 4.79 Å². The summed E-state index contributed by atoms with van der Waals surface area (Å²) in [5, 5.41) is 3.56. The molecule has 2 fully saturated rings. The molecule has 1 aromatic carbocycles. The Bertz CT molecular complexity index is 961. The molecular weight excluding hydrogens is 369 g/mol. The van der Waals surface area contributed by atoms with Gasteiger partial charge in [-0.15, -0.1) is 0 Å². The van der Waals surface area contributed by atoms with Crippen molar-refractivity contribution in [3.05, 3.63) is 47.0 Å². The lowest BCUT2D eigenvalue weighted by atomic mass is 9.95. The maximum absolute atomic E-state index is 14.7. The van der Waals surface area contributed by atoms with Gasteiger partial charge in [-0.05, 0) is 75.4 Å². The third-order valence-electron chi connectivity index (χ3n) is 6.37.